The third-order valence-electron chi connectivity index (χ3n) is 4.96. The van der Waals surface area contributed by atoms with Gasteiger partial charge in [0.2, 0.25) is 0 Å². The van der Waals surface area contributed by atoms with Crippen molar-refractivity contribution in [2.75, 3.05) is 7.11 Å². The van der Waals surface area contributed by atoms with Crippen molar-refractivity contribution in [3.8, 4) is 5.75 Å². The van der Waals surface area contributed by atoms with Gasteiger partial charge in [0, 0.05) is 6.42 Å². The molecule has 0 aromatic heterocycles. The summed E-state index contributed by atoms with van der Waals surface area (Å²) in [5, 5.41) is 2.37. The van der Waals surface area contributed by atoms with Crippen LogP contribution in [0.1, 0.15) is 53.4 Å². The number of esters is 2. The molecule has 2 aromatic rings. The summed E-state index contributed by atoms with van der Waals surface area (Å²) in [7, 11) is 1.10. The first kappa shape index (κ1) is 30.5. The molecular weight excluding hydrogens is 524 g/mol. The largest absolute Gasteiger partial charge is 0.467 e. The van der Waals surface area contributed by atoms with Gasteiger partial charge in [-0.3, -0.25) is 0 Å². The zero-order valence-corrected chi connectivity index (χ0v) is 21.0. The minimum absolute atomic E-state index is 0.106. The number of hydrogen-bond acceptors (Lipinski definition) is 6. The van der Waals surface area contributed by atoms with Crippen LogP contribution in [0.15, 0.2) is 36.4 Å². The second-order valence-corrected chi connectivity index (χ2v) is 9.20. The average Bonchev–Trinajstić information content (AvgIpc) is 2.77. The molecule has 0 radical (unpaired) electrons. The molecule has 0 saturated heterocycles. The molecular formula is C25H25F6NO6. The van der Waals surface area contributed by atoms with Crippen LogP contribution < -0.4 is 10.1 Å². The fourth-order valence-electron chi connectivity index (χ4n) is 3.18. The Labute approximate surface area is 214 Å². The second-order valence-electron chi connectivity index (χ2n) is 9.20. The summed E-state index contributed by atoms with van der Waals surface area (Å²) >= 11 is 0. The van der Waals surface area contributed by atoms with Gasteiger partial charge in [0.05, 0.1) is 23.8 Å². The van der Waals surface area contributed by atoms with E-state index in [2.05, 4.69) is 5.32 Å². The predicted octanol–water partition coefficient (Wildman–Crippen LogP) is 5.86. The topological polar surface area (TPSA) is 90.9 Å². The molecule has 1 N–H and O–H groups in total. The molecule has 2 aromatic carbocycles. The standard InChI is InChI=1S/C25H25F6NO6/c1-13-6-7-18(10-14(13)11-19(21(34)36-5)32-22(35)38-23(2,3)4)37-20(33)15-8-16(24(26,27)28)12-17(9-15)25(29,30)31/h6-10,12,19H,11H2,1-5H3,(H,32,35). The normalized spacial score (nSPS) is 12.9. The van der Waals surface area contributed by atoms with Crippen LogP contribution in [0.3, 0.4) is 0 Å². The Bertz CT molecular complexity index is 1170. The number of hydrogen-bond donors (Lipinski definition) is 1. The summed E-state index contributed by atoms with van der Waals surface area (Å²) in [6.07, 6.45) is -11.3. The number of methoxy groups -OCH3 is 1. The predicted molar refractivity (Wildman–Crippen MR) is 121 cm³/mol. The van der Waals surface area contributed by atoms with Gasteiger partial charge in [0.15, 0.2) is 0 Å². The highest BCUT2D eigenvalue weighted by Crippen LogP contribution is 2.36. The smallest absolute Gasteiger partial charge is 0.416 e. The van der Waals surface area contributed by atoms with Gasteiger partial charge in [-0.1, -0.05) is 6.07 Å². The van der Waals surface area contributed by atoms with Crippen LogP contribution in [0.4, 0.5) is 31.1 Å². The van der Waals surface area contributed by atoms with Gasteiger partial charge in [0.1, 0.15) is 17.4 Å². The maximum atomic E-state index is 13.1. The third kappa shape index (κ3) is 8.67. The highest BCUT2D eigenvalue weighted by atomic mass is 19.4. The van der Waals surface area contributed by atoms with E-state index in [4.69, 9.17) is 14.2 Å². The maximum absolute atomic E-state index is 13.1. The lowest BCUT2D eigenvalue weighted by molar-refractivity contribution is -0.144. The van der Waals surface area contributed by atoms with E-state index >= 15 is 0 Å². The summed E-state index contributed by atoms with van der Waals surface area (Å²) < 4.78 is 93.6. The maximum Gasteiger partial charge on any atom is 0.416 e. The third-order valence-corrected chi connectivity index (χ3v) is 4.96. The fraction of sp³-hybridized carbons (Fsp3) is 0.400. The van der Waals surface area contributed by atoms with E-state index in [9.17, 15) is 40.7 Å². The van der Waals surface area contributed by atoms with Crippen molar-refractivity contribution in [3.63, 3.8) is 0 Å². The highest BCUT2D eigenvalue weighted by Gasteiger charge is 2.38. The lowest BCUT2D eigenvalue weighted by atomic mass is 10.0. The van der Waals surface area contributed by atoms with Crippen LogP contribution >= 0.6 is 0 Å². The zero-order valence-electron chi connectivity index (χ0n) is 21.0. The molecule has 0 fully saturated rings. The molecule has 2 rings (SSSR count). The summed E-state index contributed by atoms with van der Waals surface area (Å²) in [5.41, 5.74) is -4.22. The van der Waals surface area contributed by atoms with Gasteiger partial charge >= 0.3 is 30.4 Å². The number of alkyl halides is 6. The molecule has 1 unspecified atom stereocenters. The number of benzene rings is 2. The lowest BCUT2D eigenvalue weighted by Gasteiger charge is -2.23. The van der Waals surface area contributed by atoms with Crippen LogP contribution in [-0.2, 0) is 33.0 Å². The first-order valence-electron chi connectivity index (χ1n) is 11.0. The van der Waals surface area contributed by atoms with Crippen molar-refractivity contribution < 1.29 is 54.9 Å². The number of halogens is 6. The molecule has 1 atom stereocenters. The van der Waals surface area contributed by atoms with Gasteiger partial charge in [-0.05, 0) is 69.2 Å². The van der Waals surface area contributed by atoms with Crippen molar-refractivity contribution in [3.05, 3.63) is 64.2 Å². The monoisotopic (exact) mass is 549 g/mol. The van der Waals surface area contributed by atoms with E-state index in [0.717, 1.165) is 7.11 Å². The molecule has 0 aliphatic rings. The Morgan fingerprint density at radius 3 is 1.92 bits per heavy atom. The van der Waals surface area contributed by atoms with Crippen molar-refractivity contribution in [1.82, 2.24) is 5.32 Å². The number of aryl methyl sites for hydroxylation is 1. The Morgan fingerprint density at radius 1 is 0.895 bits per heavy atom. The summed E-state index contributed by atoms with van der Waals surface area (Å²) in [6, 6.07) is 3.16. The van der Waals surface area contributed by atoms with Crippen molar-refractivity contribution in [2.24, 2.45) is 0 Å². The second kappa shape index (κ2) is 11.3. The number of alkyl carbamates (subject to hydrolysis) is 1. The molecule has 7 nitrogen and oxygen atoms in total. The SMILES string of the molecule is COC(=O)C(Cc1cc(OC(=O)c2cc(C(F)(F)F)cc(C(F)(F)F)c2)ccc1C)NC(=O)OC(C)(C)C. The van der Waals surface area contributed by atoms with Crippen LogP contribution in [0.25, 0.3) is 0 Å². The molecule has 0 heterocycles. The Hall–Kier alpha value is -3.77. The molecule has 208 valence electrons. The van der Waals surface area contributed by atoms with Crippen LogP contribution in [0, 0.1) is 6.92 Å². The zero-order chi connectivity index (χ0) is 29.1. The van der Waals surface area contributed by atoms with E-state index in [-0.39, 0.29) is 30.4 Å². The first-order chi connectivity index (χ1) is 17.3. The molecule has 0 aliphatic carbocycles. The highest BCUT2D eigenvalue weighted by molar-refractivity contribution is 5.91. The van der Waals surface area contributed by atoms with E-state index in [0.29, 0.717) is 11.1 Å². The molecule has 38 heavy (non-hydrogen) atoms. The fourth-order valence-corrected chi connectivity index (χ4v) is 3.18. The van der Waals surface area contributed by atoms with Crippen LogP contribution in [0.2, 0.25) is 0 Å². The van der Waals surface area contributed by atoms with Gasteiger partial charge in [0.25, 0.3) is 0 Å². The molecule has 0 aliphatic heterocycles. The number of nitrogens with one attached hydrogen (secondary N) is 1. The van der Waals surface area contributed by atoms with Crippen molar-refractivity contribution >= 4 is 18.0 Å². The van der Waals surface area contributed by atoms with E-state index in [1.807, 2.05) is 0 Å². The molecule has 1 amide bonds. The number of amides is 1. The minimum atomic E-state index is -5.14. The van der Waals surface area contributed by atoms with Crippen LogP contribution in [0.5, 0.6) is 5.75 Å². The van der Waals surface area contributed by atoms with Crippen molar-refractivity contribution in [1.29, 1.82) is 0 Å². The summed E-state index contributed by atoms with van der Waals surface area (Å²) in [5.74, 6) is -2.50. The molecule has 13 heteroatoms. The number of carbonyl (C=O) groups is 3. The summed E-state index contributed by atoms with van der Waals surface area (Å²) in [4.78, 5) is 36.9. The van der Waals surface area contributed by atoms with E-state index in [1.165, 1.54) is 18.2 Å². The van der Waals surface area contributed by atoms with Gasteiger partial charge < -0.3 is 19.5 Å². The average molecular weight is 549 g/mol. The van der Waals surface area contributed by atoms with Gasteiger partial charge in [-0.25, -0.2) is 14.4 Å². The van der Waals surface area contributed by atoms with Crippen molar-refractivity contribution in [2.45, 2.75) is 58.1 Å². The summed E-state index contributed by atoms with van der Waals surface area (Å²) in [6.45, 7) is 6.47. The molecule has 0 spiro atoms. The number of rotatable bonds is 6. The molecule has 0 saturated carbocycles. The van der Waals surface area contributed by atoms with Gasteiger partial charge in [-0.2, -0.15) is 26.3 Å². The lowest BCUT2D eigenvalue weighted by Crippen LogP contribution is -2.45. The molecule has 0 bridgehead atoms. The number of carbonyl (C=O) groups excluding carboxylic acids is 3. The number of ether oxygens (including phenoxy) is 3. The Morgan fingerprint density at radius 2 is 1.45 bits per heavy atom. The Kier molecular flexibility index (Phi) is 9.07. The van der Waals surface area contributed by atoms with Crippen LogP contribution in [-0.4, -0.2) is 36.8 Å². The first-order valence-corrected chi connectivity index (χ1v) is 11.0. The van der Waals surface area contributed by atoms with Gasteiger partial charge in [-0.15, -0.1) is 0 Å². The minimum Gasteiger partial charge on any atom is -0.467 e. The van der Waals surface area contributed by atoms with E-state index < -0.39 is 58.7 Å². The van der Waals surface area contributed by atoms with E-state index in [1.54, 1.807) is 27.7 Å². The quantitative estimate of drug-likeness (QED) is 0.276. The Balaban J connectivity index is 2.34.